The number of aromatic carboxylic acids is 1. The Labute approximate surface area is 110 Å². The average Bonchev–Trinajstić information content (AvgIpc) is 2.41. The van der Waals surface area contributed by atoms with Crippen LogP contribution in [0.2, 0.25) is 0 Å². The van der Waals surface area contributed by atoms with Crippen LogP contribution >= 0.6 is 0 Å². The number of carbonyl (C=O) groups is 2. The van der Waals surface area contributed by atoms with E-state index in [1.54, 1.807) is 0 Å². The standard InChI is InChI=1S/C14H15NO4/c16-10-6-7-12(11(8-10)14(18)19)15-13(17)9-4-2-1-3-5-9/h1-2,6-9,16H,3-5H2,(H,15,17)(H,18,19). The third-order valence-electron chi connectivity index (χ3n) is 3.13. The van der Waals surface area contributed by atoms with Gasteiger partial charge in [-0.2, -0.15) is 0 Å². The first-order chi connectivity index (χ1) is 9.08. The van der Waals surface area contributed by atoms with Crippen LogP contribution in [-0.2, 0) is 4.79 Å². The summed E-state index contributed by atoms with van der Waals surface area (Å²) < 4.78 is 0. The maximum Gasteiger partial charge on any atom is 0.337 e. The summed E-state index contributed by atoms with van der Waals surface area (Å²) in [6.07, 6.45) is 6.30. The lowest BCUT2D eigenvalue weighted by Gasteiger charge is -2.18. The Hall–Kier alpha value is -2.30. The van der Waals surface area contributed by atoms with E-state index in [4.69, 9.17) is 5.11 Å². The van der Waals surface area contributed by atoms with Crippen LogP contribution in [0.25, 0.3) is 0 Å². The van der Waals surface area contributed by atoms with E-state index in [2.05, 4.69) is 5.32 Å². The summed E-state index contributed by atoms with van der Waals surface area (Å²) in [7, 11) is 0. The molecular weight excluding hydrogens is 246 g/mol. The molecule has 0 radical (unpaired) electrons. The smallest absolute Gasteiger partial charge is 0.337 e. The van der Waals surface area contributed by atoms with E-state index in [1.807, 2.05) is 12.2 Å². The number of phenols is 1. The molecule has 1 amide bonds. The van der Waals surface area contributed by atoms with Gasteiger partial charge in [-0.15, -0.1) is 0 Å². The number of nitrogens with one attached hydrogen (secondary N) is 1. The fourth-order valence-electron chi connectivity index (χ4n) is 2.08. The zero-order valence-corrected chi connectivity index (χ0v) is 10.3. The molecule has 0 heterocycles. The number of carboxylic acid groups (broad SMARTS) is 1. The van der Waals surface area contributed by atoms with Gasteiger partial charge in [-0.3, -0.25) is 4.79 Å². The van der Waals surface area contributed by atoms with Gasteiger partial charge in [0.2, 0.25) is 5.91 Å². The van der Waals surface area contributed by atoms with Crippen molar-refractivity contribution in [2.45, 2.75) is 19.3 Å². The van der Waals surface area contributed by atoms with Gasteiger partial charge < -0.3 is 15.5 Å². The zero-order chi connectivity index (χ0) is 13.8. The Kier molecular flexibility index (Phi) is 3.85. The van der Waals surface area contributed by atoms with E-state index < -0.39 is 5.97 Å². The van der Waals surface area contributed by atoms with Crippen molar-refractivity contribution in [3.05, 3.63) is 35.9 Å². The highest BCUT2D eigenvalue weighted by atomic mass is 16.4. The average molecular weight is 261 g/mol. The van der Waals surface area contributed by atoms with Crippen molar-refractivity contribution in [3.63, 3.8) is 0 Å². The second kappa shape index (κ2) is 5.56. The van der Waals surface area contributed by atoms with Gasteiger partial charge in [0.05, 0.1) is 11.3 Å². The Bertz CT molecular complexity index is 536. The minimum absolute atomic E-state index is 0.111. The lowest BCUT2D eigenvalue weighted by Crippen LogP contribution is -2.24. The summed E-state index contributed by atoms with van der Waals surface area (Å²) in [5, 5.41) is 20.9. The molecule has 0 bridgehead atoms. The van der Waals surface area contributed by atoms with Gasteiger partial charge in [0.1, 0.15) is 5.75 Å². The maximum absolute atomic E-state index is 12.0. The molecule has 0 saturated carbocycles. The lowest BCUT2D eigenvalue weighted by molar-refractivity contribution is -0.120. The Morgan fingerprint density at radius 2 is 2.05 bits per heavy atom. The van der Waals surface area contributed by atoms with Crippen LogP contribution in [0.1, 0.15) is 29.6 Å². The second-order valence-corrected chi connectivity index (χ2v) is 4.51. The first-order valence-corrected chi connectivity index (χ1v) is 6.10. The predicted molar refractivity (Wildman–Crippen MR) is 70.2 cm³/mol. The highest BCUT2D eigenvalue weighted by Gasteiger charge is 2.21. The summed E-state index contributed by atoms with van der Waals surface area (Å²) in [5.74, 6) is -1.64. The summed E-state index contributed by atoms with van der Waals surface area (Å²) in [6, 6.07) is 3.87. The molecule has 1 aromatic carbocycles. The van der Waals surface area contributed by atoms with Crippen molar-refractivity contribution in [1.29, 1.82) is 0 Å². The second-order valence-electron chi connectivity index (χ2n) is 4.51. The highest BCUT2D eigenvalue weighted by molar-refractivity contribution is 6.01. The first-order valence-electron chi connectivity index (χ1n) is 6.10. The van der Waals surface area contributed by atoms with Gasteiger partial charge >= 0.3 is 5.97 Å². The molecule has 1 aliphatic carbocycles. The molecule has 0 fully saturated rings. The molecule has 5 nitrogen and oxygen atoms in total. The molecule has 0 aromatic heterocycles. The largest absolute Gasteiger partial charge is 0.508 e. The van der Waals surface area contributed by atoms with Crippen LogP contribution in [0.3, 0.4) is 0 Å². The summed E-state index contributed by atoms with van der Waals surface area (Å²) in [5.41, 5.74) is 0.101. The number of allylic oxidation sites excluding steroid dienone is 2. The Morgan fingerprint density at radius 1 is 1.26 bits per heavy atom. The van der Waals surface area contributed by atoms with Gasteiger partial charge in [0.25, 0.3) is 0 Å². The van der Waals surface area contributed by atoms with E-state index in [9.17, 15) is 14.7 Å². The number of hydrogen-bond acceptors (Lipinski definition) is 3. The topological polar surface area (TPSA) is 86.6 Å². The third kappa shape index (κ3) is 3.13. The van der Waals surface area contributed by atoms with Gasteiger partial charge in [0, 0.05) is 5.92 Å². The van der Waals surface area contributed by atoms with Crippen LogP contribution in [-0.4, -0.2) is 22.1 Å². The summed E-state index contributed by atoms with van der Waals surface area (Å²) >= 11 is 0. The molecule has 1 aliphatic rings. The molecule has 0 saturated heterocycles. The number of aromatic hydroxyl groups is 1. The van der Waals surface area contributed by atoms with Crippen molar-refractivity contribution in [3.8, 4) is 5.75 Å². The zero-order valence-electron chi connectivity index (χ0n) is 10.3. The minimum Gasteiger partial charge on any atom is -0.508 e. The maximum atomic E-state index is 12.0. The molecule has 1 aromatic rings. The van der Waals surface area contributed by atoms with Crippen LogP contribution in [0.4, 0.5) is 5.69 Å². The number of benzene rings is 1. The van der Waals surface area contributed by atoms with Crippen LogP contribution in [0.5, 0.6) is 5.75 Å². The normalized spacial score (nSPS) is 18.0. The monoisotopic (exact) mass is 261 g/mol. The summed E-state index contributed by atoms with van der Waals surface area (Å²) in [6.45, 7) is 0. The lowest BCUT2D eigenvalue weighted by atomic mass is 9.93. The van der Waals surface area contributed by atoms with Gasteiger partial charge in [-0.1, -0.05) is 12.2 Å². The highest BCUT2D eigenvalue weighted by Crippen LogP contribution is 2.24. The van der Waals surface area contributed by atoms with Crippen molar-refractivity contribution in [1.82, 2.24) is 0 Å². The molecule has 19 heavy (non-hydrogen) atoms. The molecule has 0 spiro atoms. The molecule has 3 N–H and O–H groups in total. The number of amides is 1. The fourth-order valence-corrected chi connectivity index (χ4v) is 2.08. The molecular formula is C14H15NO4. The first kappa shape index (κ1) is 13.1. The van der Waals surface area contributed by atoms with Crippen LogP contribution in [0, 0.1) is 5.92 Å². The summed E-state index contributed by atoms with van der Waals surface area (Å²) in [4.78, 5) is 23.1. The Balaban J connectivity index is 2.16. The number of anilines is 1. The molecule has 0 aliphatic heterocycles. The van der Waals surface area contributed by atoms with E-state index in [0.29, 0.717) is 6.42 Å². The van der Waals surface area contributed by atoms with Gasteiger partial charge in [0.15, 0.2) is 0 Å². The number of carbonyl (C=O) groups excluding carboxylic acids is 1. The van der Waals surface area contributed by atoms with Gasteiger partial charge in [-0.05, 0) is 37.5 Å². The number of hydrogen-bond donors (Lipinski definition) is 3. The Morgan fingerprint density at radius 3 is 2.68 bits per heavy atom. The van der Waals surface area contributed by atoms with Crippen LogP contribution in [0.15, 0.2) is 30.4 Å². The molecule has 2 rings (SSSR count). The van der Waals surface area contributed by atoms with Crippen molar-refractivity contribution in [2.75, 3.05) is 5.32 Å². The van der Waals surface area contributed by atoms with Gasteiger partial charge in [-0.25, -0.2) is 4.79 Å². The number of rotatable bonds is 3. The van der Waals surface area contributed by atoms with E-state index in [0.717, 1.165) is 18.9 Å². The quantitative estimate of drug-likeness (QED) is 0.576. The molecule has 100 valence electrons. The molecule has 5 heteroatoms. The number of phenolic OH excluding ortho intramolecular Hbond substituents is 1. The van der Waals surface area contributed by atoms with E-state index >= 15 is 0 Å². The third-order valence-corrected chi connectivity index (χ3v) is 3.13. The van der Waals surface area contributed by atoms with E-state index in [-0.39, 0.29) is 28.8 Å². The molecule has 1 unspecified atom stereocenters. The van der Waals surface area contributed by atoms with Crippen molar-refractivity contribution >= 4 is 17.6 Å². The van der Waals surface area contributed by atoms with Crippen molar-refractivity contribution < 1.29 is 19.8 Å². The number of carboxylic acids is 1. The van der Waals surface area contributed by atoms with Crippen LogP contribution < -0.4 is 5.32 Å². The van der Waals surface area contributed by atoms with E-state index in [1.165, 1.54) is 12.1 Å². The minimum atomic E-state index is -1.19. The van der Waals surface area contributed by atoms with Crippen molar-refractivity contribution in [2.24, 2.45) is 5.92 Å². The fraction of sp³-hybridized carbons (Fsp3) is 0.286. The molecule has 1 atom stereocenters. The SMILES string of the molecule is O=C(O)c1cc(O)ccc1NC(=O)C1CC=CCC1. The predicted octanol–water partition coefficient (Wildman–Crippen LogP) is 2.39.